The Bertz CT molecular complexity index is 1230. The average molecular weight is 460 g/mol. The quantitative estimate of drug-likeness (QED) is 0.504. The first-order valence-electron chi connectivity index (χ1n) is 10.1. The molecule has 1 aliphatic rings. The molecular formula is C25H21N3O4S. The van der Waals surface area contributed by atoms with E-state index in [4.69, 9.17) is 9.47 Å². The fraction of sp³-hybridized carbons (Fsp3) is 0.0800. The molecule has 3 aromatic carbocycles. The molecule has 2 amide bonds. The number of hydrogen-bond donors (Lipinski definition) is 2. The maximum atomic E-state index is 12.5. The smallest absolute Gasteiger partial charge is 0.264 e. The molecule has 0 saturated carbocycles. The molecular weight excluding hydrogens is 438 g/mol. The summed E-state index contributed by atoms with van der Waals surface area (Å²) in [6.07, 6.45) is 1.72. The van der Waals surface area contributed by atoms with E-state index in [0.29, 0.717) is 38.5 Å². The zero-order chi connectivity index (χ0) is 23.0. The van der Waals surface area contributed by atoms with E-state index in [-0.39, 0.29) is 18.4 Å². The molecule has 8 heteroatoms. The van der Waals surface area contributed by atoms with Crippen molar-refractivity contribution >= 4 is 46.2 Å². The molecule has 2 N–H and O–H groups in total. The summed E-state index contributed by atoms with van der Waals surface area (Å²) in [5.41, 5.74) is 2.00. The number of hydrogen-bond acceptors (Lipinski definition) is 6. The highest BCUT2D eigenvalue weighted by atomic mass is 32.2. The number of benzene rings is 3. The van der Waals surface area contributed by atoms with Crippen molar-refractivity contribution in [1.82, 2.24) is 5.32 Å². The van der Waals surface area contributed by atoms with Crippen LogP contribution in [0, 0.1) is 0 Å². The van der Waals surface area contributed by atoms with Gasteiger partial charge in [-0.15, -0.1) is 0 Å². The molecule has 0 unspecified atom stereocenters. The van der Waals surface area contributed by atoms with Gasteiger partial charge in [0, 0.05) is 11.3 Å². The summed E-state index contributed by atoms with van der Waals surface area (Å²) in [7, 11) is 1.57. The van der Waals surface area contributed by atoms with Gasteiger partial charge in [0.05, 0.1) is 12.0 Å². The van der Waals surface area contributed by atoms with Gasteiger partial charge in [-0.25, -0.2) is 4.99 Å². The zero-order valence-corrected chi connectivity index (χ0v) is 18.6. The second-order valence-corrected chi connectivity index (χ2v) is 7.92. The molecule has 1 aliphatic heterocycles. The van der Waals surface area contributed by atoms with Gasteiger partial charge in [-0.2, -0.15) is 0 Å². The lowest BCUT2D eigenvalue weighted by atomic mass is 10.2. The number of carbonyl (C=O) groups is 2. The number of para-hydroxylation sites is 4. The number of thioether (sulfide) groups is 1. The van der Waals surface area contributed by atoms with Crippen molar-refractivity contribution in [3.05, 3.63) is 89.3 Å². The largest absolute Gasteiger partial charge is 0.494 e. The van der Waals surface area contributed by atoms with E-state index < -0.39 is 0 Å². The topological polar surface area (TPSA) is 89.0 Å². The van der Waals surface area contributed by atoms with Crippen LogP contribution in [0.25, 0.3) is 6.08 Å². The normalized spacial score (nSPS) is 15.4. The van der Waals surface area contributed by atoms with Crippen molar-refractivity contribution in [2.24, 2.45) is 4.99 Å². The maximum Gasteiger partial charge on any atom is 0.264 e. The lowest BCUT2D eigenvalue weighted by molar-refractivity contribution is -0.118. The van der Waals surface area contributed by atoms with Gasteiger partial charge in [0.15, 0.2) is 11.8 Å². The summed E-state index contributed by atoms with van der Waals surface area (Å²) in [6, 6.07) is 23.7. The zero-order valence-electron chi connectivity index (χ0n) is 17.8. The fourth-order valence-corrected chi connectivity index (χ4v) is 3.87. The number of ether oxygens (including phenoxy) is 2. The summed E-state index contributed by atoms with van der Waals surface area (Å²) in [4.78, 5) is 29.7. The van der Waals surface area contributed by atoms with Gasteiger partial charge in [-0.1, -0.05) is 48.5 Å². The van der Waals surface area contributed by atoms with E-state index in [1.165, 1.54) is 11.8 Å². The summed E-state index contributed by atoms with van der Waals surface area (Å²) < 4.78 is 11.0. The van der Waals surface area contributed by atoms with E-state index in [2.05, 4.69) is 15.6 Å². The molecule has 4 rings (SSSR count). The first-order chi connectivity index (χ1) is 16.1. The molecule has 33 heavy (non-hydrogen) atoms. The van der Waals surface area contributed by atoms with Gasteiger partial charge in [-0.05, 0) is 48.2 Å². The predicted molar refractivity (Wildman–Crippen MR) is 131 cm³/mol. The van der Waals surface area contributed by atoms with E-state index in [9.17, 15) is 9.59 Å². The Morgan fingerprint density at radius 3 is 2.48 bits per heavy atom. The summed E-state index contributed by atoms with van der Waals surface area (Å²) in [5.74, 6) is 0.578. The monoisotopic (exact) mass is 459 g/mol. The van der Waals surface area contributed by atoms with E-state index in [0.717, 1.165) is 0 Å². The van der Waals surface area contributed by atoms with Crippen LogP contribution in [0.3, 0.4) is 0 Å². The van der Waals surface area contributed by atoms with Gasteiger partial charge in [-0.3, -0.25) is 9.59 Å². The van der Waals surface area contributed by atoms with Crippen LogP contribution in [0.2, 0.25) is 0 Å². The number of amides is 2. The second-order valence-electron chi connectivity index (χ2n) is 6.89. The number of amidine groups is 1. The third-order valence-electron chi connectivity index (χ3n) is 4.58. The lowest BCUT2D eigenvalue weighted by Gasteiger charge is -2.10. The molecule has 166 valence electrons. The van der Waals surface area contributed by atoms with Crippen molar-refractivity contribution in [2.45, 2.75) is 0 Å². The van der Waals surface area contributed by atoms with Gasteiger partial charge in [0.25, 0.3) is 11.8 Å². The van der Waals surface area contributed by atoms with Crippen LogP contribution in [0.1, 0.15) is 5.56 Å². The van der Waals surface area contributed by atoms with Crippen LogP contribution in [0.15, 0.2) is 88.8 Å². The number of nitrogens with one attached hydrogen (secondary N) is 2. The number of nitrogens with zero attached hydrogens (tertiary/aromatic N) is 1. The molecule has 0 aromatic heterocycles. The number of methoxy groups -OCH3 is 1. The lowest BCUT2D eigenvalue weighted by Crippen LogP contribution is -2.20. The van der Waals surface area contributed by atoms with Crippen molar-refractivity contribution in [2.75, 3.05) is 19.0 Å². The molecule has 7 nitrogen and oxygen atoms in total. The molecule has 0 atom stereocenters. The standard InChI is InChI=1S/C25H21N3O4S/c1-31-21-14-8-6-12-19(21)27-25-28-24(30)22(33-25)15-17-9-5-7-13-20(17)32-16-23(29)26-18-10-3-2-4-11-18/h2-15H,16H2,1H3,(H,26,29)(H,27,28,30). The third-order valence-corrected chi connectivity index (χ3v) is 5.49. The van der Waals surface area contributed by atoms with E-state index >= 15 is 0 Å². The minimum atomic E-state index is -0.275. The summed E-state index contributed by atoms with van der Waals surface area (Å²) in [5, 5.41) is 6.00. The molecule has 0 aliphatic carbocycles. The predicted octanol–water partition coefficient (Wildman–Crippen LogP) is 4.60. The number of carbonyl (C=O) groups excluding carboxylic acids is 2. The molecule has 0 radical (unpaired) electrons. The molecule has 3 aromatic rings. The second kappa shape index (κ2) is 10.5. The minimum absolute atomic E-state index is 0.158. The fourth-order valence-electron chi connectivity index (χ4n) is 3.05. The molecule has 1 heterocycles. The van der Waals surface area contributed by atoms with E-state index in [1.54, 1.807) is 37.5 Å². The average Bonchev–Trinajstić information content (AvgIpc) is 3.18. The summed E-state index contributed by atoms with van der Waals surface area (Å²) in [6.45, 7) is -0.158. The Morgan fingerprint density at radius 1 is 1.00 bits per heavy atom. The Morgan fingerprint density at radius 2 is 1.70 bits per heavy atom. The summed E-state index contributed by atoms with van der Waals surface area (Å²) >= 11 is 1.22. The first kappa shape index (κ1) is 22.2. The van der Waals surface area contributed by atoms with Crippen LogP contribution < -0.4 is 20.1 Å². The van der Waals surface area contributed by atoms with Crippen LogP contribution in [0.4, 0.5) is 11.4 Å². The van der Waals surface area contributed by atoms with Crippen LogP contribution in [0.5, 0.6) is 11.5 Å². The van der Waals surface area contributed by atoms with Crippen LogP contribution >= 0.6 is 11.8 Å². The van der Waals surface area contributed by atoms with Crippen molar-refractivity contribution < 1.29 is 19.1 Å². The molecule has 1 saturated heterocycles. The number of anilines is 1. The number of rotatable bonds is 7. The van der Waals surface area contributed by atoms with E-state index in [1.807, 2.05) is 54.6 Å². The van der Waals surface area contributed by atoms with Crippen LogP contribution in [-0.2, 0) is 9.59 Å². The third kappa shape index (κ3) is 5.81. The SMILES string of the molecule is COc1ccccc1N=C1NC(=O)C(=Cc2ccccc2OCC(=O)Nc2ccccc2)S1. The van der Waals surface area contributed by atoms with Gasteiger partial charge >= 0.3 is 0 Å². The highest BCUT2D eigenvalue weighted by Crippen LogP contribution is 2.33. The van der Waals surface area contributed by atoms with Crippen molar-refractivity contribution in [1.29, 1.82) is 0 Å². The molecule has 0 bridgehead atoms. The molecule has 1 fully saturated rings. The maximum absolute atomic E-state index is 12.5. The Balaban J connectivity index is 1.46. The Labute approximate surface area is 195 Å². The Hall–Kier alpha value is -4.04. The minimum Gasteiger partial charge on any atom is -0.494 e. The number of aliphatic imine (C=N–C) groups is 1. The highest BCUT2D eigenvalue weighted by Gasteiger charge is 2.24. The van der Waals surface area contributed by atoms with Gasteiger partial charge in [0.2, 0.25) is 0 Å². The molecule has 0 spiro atoms. The van der Waals surface area contributed by atoms with Crippen LogP contribution in [-0.4, -0.2) is 30.7 Å². The van der Waals surface area contributed by atoms with Crippen molar-refractivity contribution in [3.8, 4) is 11.5 Å². The highest BCUT2D eigenvalue weighted by molar-refractivity contribution is 8.18. The van der Waals surface area contributed by atoms with Gasteiger partial charge in [0.1, 0.15) is 17.2 Å². The van der Waals surface area contributed by atoms with Gasteiger partial charge < -0.3 is 20.1 Å². The van der Waals surface area contributed by atoms with Crippen molar-refractivity contribution in [3.63, 3.8) is 0 Å². The first-order valence-corrected chi connectivity index (χ1v) is 10.9. The Kier molecular flexibility index (Phi) is 7.06.